The molecule has 1 fully saturated rings. The number of aliphatic hydroxyl groups is 1. The lowest BCUT2D eigenvalue weighted by molar-refractivity contribution is 0.182. The molecule has 1 aliphatic rings. The monoisotopic (exact) mass is 271 g/mol. The standard InChI is InChI=1S/C10H14BrN3O/c11-8-5-13-10(6-1-2-6)14-9(8)3-7(15)4-12/h5-7,15H,1-4,12H2. The second-order valence-corrected chi connectivity index (χ2v) is 4.75. The van der Waals surface area contributed by atoms with E-state index in [1.807, 2.05) is 0 Å². The van der Waals surface area contributed by atoms with Crippen LogP contribution in [0.15, 0.2) is 10.7 Å². The molecule has 15 heavy (non-hydrogen) atoms. The number of nitrogens with two attached hydrogens (primary N) is 1. The summed E-state index contributed by atoms with van der Waals surface area (Å²) in [5.41, 5.74) is 6.22. The summed E-state index contributed by atoms with van der Waals surface area (Å²) in [7, 11) is 0. The SMILES string of the molecule is NCC(O)Cc1nc(C2CC2)ncc1Br. The molecule has 5 heteroatoms. The molecule has 0 bridgehead atoms. The molecule has 1 aliphatic carbocycles. The van der Waals surface area contributed by atoms with Gasteiger partial charge in [0.25, 0.3) is 0 Å². The largest absolute Gasteiger partial charge is 0.391 e. The third-order valence-corrected chi connectivity index (χ3v) is 3.14. The number of rotatable bonds is 4. The van der Waals surface area contributed by atoms with Crippen LogP contribution in [0, 0.1) is 0 Å². The molecule has 1 atom stereocenters. The van der Waals surface area contributed by atoms with Gasteiger partial charge in [-0.15, -0.1) is 0 Å². The van der Waals surface area contributed by atoms with Crippen LogP contribution in [0.1, 0.15) is 30.3 Å². The highest BCUT2D eigenvalue weighted by atomic mass is 79.9. The third kappa shape index (κ3) is 2.74. The molecular formula is C10H14BrN3O. The number of halogens is 1. The zero-order valence-corrected chi connectivity index (χ0v) is 9.94. The highest BCUT2D eigenvalue weighted by molar-refractivity contribution is 9.10. The van der Waals surface area contributed by atoms with Crippen LogP contribution in [0.5, 0.6) is 0 Å². The molecule has 1 saturated carbocycles. The minimum Gasteiger partial charge on any atom is -0.391 e. The fraction of sp³-hybridized carbons (Fsp3) is 0.600. The van der Waals surface area contributed by atoms with Gasteiger partial charge < -0.3 is 10.8 Å². The van der Waals surface area contributed by atoms with Crippen molar-refractivity contribution in [2.24, 2.45) is 5.73 Å². The van der Waals surface area contributed by atoms with E-state index in [9.17, 15) is 5.11 Å². The molecule has 0 aromatic carbocycles. The molecular weight excluding hydrogens is 258 g/mol. The lowest BCUT2D eigenvalue weighted by Crippen LogP contribution is -2.23. The highest BCUT2D eigenvalue weighted by Crippen LogP contribution is 2.38. The third-order valence-electron chi connectivity index (χ3n) is 2.48. The topological polar surface area (TPSA) is 72.0 Å². The number of hydrogen-bond acceptors (Lipinski definition) is 4. The summed E-state index contributed by atoms with van der Waals surface area (Å²) >= 11 is 3.38. The first-order valence-electron chi connectivity index (χ1n) is 5.10. The van der Waals surface area contributed by atoms with Gasteiger partial charge in [-0.2, -0.15) is 0 Å². The van der Waals surface area contributed by atoms with Crippen molar-refractivity contribution in [3.05, 3.63) is 22.2 Å². The predicted octanol–water partition coefficient (Wildman–Crippen LogP) is 0.979. The summed E-state index contributed by atoms with van der Waals surface area (Å²) < 4.78 is 0.847. The molecule has 4 nitrogen and oxygen atoms in total. The van der Waals surface area contributed by atoms with Crippen LogP contribution in [0.3, 0.4) is 0 Å². The van der Waals surface area contributed by atoms with Gasteiger partial charge in [-0.05, 0) is 28.8 Å². The van der Waals surface area contributed by atoms with Gasteiger partial charge in [-0.1, -0.05) is 0 Å². The second-order valence-electron chi connectivity index (χ2n) is 3.89. The fourth-order valence-electron chi connectivity index (χ4n) is 1.41. The summed E-state index contributed by atoms with van der Waals surface area (Å²) in [5.74, 6) is 1.43. The highest BCUT2D eigenvalue weighted by Gasteiger charge is 2.27. The molecule has 1 aromatic heterocycles. The van der Waals surface area contributed by atoms with Crippen molar-refractivity contribution < 1.29 is 5.11 Å². The molecule has 1 heterocycles. The summed E-state index contributed by atoms with van der Waals surface area (Å²) in [5, 5.41) is 9.47. The van der Waals surface area contributed by atoms with Crippen LogP contribution in [-0.2, 0) is 6.42 Å². The van der Waals surface area contributed by atoms with E-state index in [0.29, 0.717) is 12.3 Å². The fourth-order valence-corrected chi connectivity index (χ4v) is 1.76. The van der Waals surface area contributed by atoms with E-state index in [4.69, 9.17) is 5.73 Å². The summed E-state index contributed by atoms with van der Waals surface area (Å²) in [6.45, 7) is 0.259. The van der Waals surface area contributed by atoms with Crippen molar-refractivity contribution in [3.63, 3.8) is 0 Å². The summed E-state index contributed by atoms with van der Waals surface area (Å²) in [6.07, 6.45) is 4.09. The average molecular weight is 272 g/mol. The van der Waals surface area contributed by atoms with E-state index in [1.54, 1.807) is 6.20 Å². The zero-order chi connectivity index (χ0) is 10.8. The van der Waals surface area contributed by atoms with Gasteiger partial charge in [0.1, 0.15) is 5.82 Å². The maximum Gasteiger partial charge on any atom is 0.131 e. The molecule has 3 N–H and O–H groups in total. The maximum absolute atomic E-state index is 9.47. The minimum atomic E-state index is -0.525. The van der Waals surface area contributed by atoms with Crippen LogP contribution < -0.4 is 5.73 Å². The molecule has 0 spiro atoms. The van der Waals surface area contributed by atoms with E-state index in [-0.39, 0.29) is 6.54 Å². The number of nitrogens with zero attached hydrogens (tertiary/aromatic N) is 2. The number of hydrogen-bond donors (Lipinski definition) is 2. The van der Waals surface area contributed by atoms with E-state index < -0.39 is 6.10 Å². The predicted molar refractivity (Wildman–Crippen MR) is 60.5 cm³/mol. The zero-order valence-electron chi connectivity index (χ0n) is 8.36. The van der Waals surface area contributed by atoms with Crippen molar-refractivity contribution in [2.75, 3.05) is 6.54 Å². The first-order chi connectivity index (χ1) is 7.20. The Hall–Kier alpha value is -0.520. The van der Waals surface area contributed by atoms with Crippen molar-refractivity contribution >= 4 is 15.9 Å². The summed E-state index contributed by atoms with van der Waals surface area (Å²) in [4.78, 5) is 8.71. The molecule has 0 amide bonds. The smallest absolute Gasteiger partial charge is 0.131 e. The molecule has 1 unspecified atom stereocenters. The maximum atomic E-state index is 9.47. The van der Waals surface area contributed by atoms with E-state index in [1.165, 1.54) is 12.8 Å². The van der Waals surface area contributed by atoms with Gasteiger partial charge in [0, 0.05) is 25.1 Å². The lowest BCUT2D eigenvalue weighted by Gasteiger charge is -2.09. The quantitative estimate of drug-likeness (QED) is 0.857. The Labute approximate surface area is 97.1 Å². The van der Waals surface area contributed by atoms with Crippen LogP contribution in [0.4, 0.5) is 0 Å². The first-order valence-corrected chi connectivity index (χ1v) is 5.89. The van der Waals surface area contributed by atoms with E-state index >= 15 is 0 Å². The van der Waals surface area contributed by atoms with Crippen molar-refractivity contribution in [3.8, 4) is 0 Å². The van der Waals surface area contributed by atoms with Crippen molar-refractivity contribution in [2.45, 2.75) is 31.3 Å². The van der Waals surface area contributed by atoms with Gasteiger partial charge in [0.05, 0.1) is 16.3 Å². The molecule has 2 rings (SSSR count). The first kappa shape index (κ1) is 11.0. The Morgan fingerprint density at radius 2 is 2.33 bits per heavy atom. The van der Waals surface area contributed by atoms with Gasteiger partial charge in [0.2, 0.25) is 0 Å². The average Bonchev–Trinajstić information content (AvgIpc) is 3.04. The summed E-state index contributed by atoms with van der Waals surface area (Å²) in [6, 6.07) is 0. The van der Waals surface area contributed by atoms with Crippen LogP contribution >= 0.6 is 15.9 Å². The van der Waals surface area contributed by atoms with Crippen molar-refractivity contribution in [1.29, 1.82) is 0 Å². The van der Waals surface area contributed by atoms with Crippen LogP contribution in [0.2, 0.25) is 0 Å². The Kier molecular flexibility index (Phi) is 3.33. The normalized spacial score (nSPS) is 17.8. The second kappa shape index (κ2) is 4.55. The Bertz CT molecular complexity index is 355. The lowest BCUT2D eigenvalue weighted by atomic mass is 10.2. The number of aliphatic hydroxyl groups excluding tert-OH is 1. The van der Waals surface area contributed by atoms with Gasteiger partial charge in [-0.25, -0.2) is 9.97 Å². The van der Waals surface area contributed by atoms with Crippen LogP contribution in [-0.4, -0.2) is 27.7 Å². The molecule has 1 aromatic rings. The van der Waals surface area contributed by atoms with Crippen molar-refractivity contribution in [1.82, 2.24) is 9.97 Å². The van der Waals surface area contributed by atoms with Gasteiger partial charge >= 0.3 is 0 Å². The Morgan fingerprint density at radius 3 is 2.93 bits per heavy atom. The molecule has 82 valence electrons. The molecule has 0 aliphatic heterocycles. The number of aromatic nitrogens is 2. The van der Waals surface area contributed by atoms with Gasteiger partial charge in [0.15, 0.2) is 0 Å². The van der Waals surface area contributed by atoms with E-state index in [2.05, 4.69) is 25.9 Å². The minimum absolute atomic E-state index is 0.259. The van der Waals surface area contributed by atoms with Gasteiger partial charge in [-0.3, -0.25) is 0 Å². The van der Waals surface area contributed by atoms with E-state index in [0.717, 1.165) is 16.0 Å². The van der Waals surface area contributed by atoms with Crippen LogP contribution in [0.25, 0.3) is 0 Å². The molecule has 0 saturated heterocycles. The Balaban J connectivity index is 2.16. The molecule has 0 radical (unpaired) electrons. The Morgan fingerprint density at radius 1 is 1.60 bits per heavy atom.